The smallest absolute Gasteiger partial charge is 0.263 e. The van der Waals surface area contributed by atoms with E-state index in [1.807, 2.05) is 24.2 Å². The number of hydrogen-bond acceptors (Lipinski definition) is 6. The molecule has 0 unspecified atom stereocenters. The summed E-state index contributed by atoms with van der Waals surface area (Å²) in [4.78, 5) is 25.3. The summed E-state index contributed by atoms with van der Waals surface area (Å²) in [6.45, 7) is 10.7. The van der Waals surface area contributed by atoms with Gasteiger partial charge in [0, 0.05) is 62.8 Å². The molecule has 1 amide bonds. The van der Waals surface area contributed by atoms with Crippen molar-refractivity contribution < 1.29 is 9.53 Å². The summed E-state index contributed by atoms with van der Waals surface area (Å²) in [5.41, 5.74) is 2.15. The number of thiophene rings is 1. The number of likely N-dealkylation sites (tertiary alicyclic amines) is 1. The van der Waals surface area contributed by atoms with Gasteiger partial charge in [-0.25, -0.2) is 0 Å². The lowest BCUT2D eigenvalue weighted by Gasteiger charge is -2.36. The summed E-state index contributed by atoms with van der Waals surface area (Å²) in [7, 11) is 1.95. The number of pyridine rings is 1. The second-order valence-corrected chi connectivity index (χ2v) is 9.98. The lowest BCUT2D eigenvalue weighted by atomic mass is 9.96. The Kier molecular flexibility index (Phi) is 7.25. The van der Waals surface area contributed by atoms with E-state index in [0.717, 1.165) is 60.4 Å². The number of carbonyl (C=O) groups excluding carboxylic acids is 1. The van der Waals surface area contributed by atoms with Crippen molar-refractivity contribution in [3.8, 4) is 11.1 Å². The molecule has 0 radical (unpaired) electrons. The normalized spacial score (nSPS) is 20.3. The molecule has 2 aromatic heterocycles. The van der Waals surface area contributed by atoms with Gasteiger partial charge in [0.05, 0.1) is 23.1 Å². The second kappa shape index (κ2) is 10.1. The summed E-state index contributed by atoms with van der Waals surface area (Å²) in [6.07, 6.45) is 6.09. The van der Waals surface area contributed by atoms with Crippen LogP contribution >= 0.6 is 11.3 Å². The topological polar surface area (TPSA) is 48.9 Å². The van der Waals surface area contributed by atoms with Crippen LogP contribution in [0.15, 0.2) is 30.6 Å². The number of ether oxygens (including phenoxy) is 1. The molecule has 2 aliphatic rings. The molecule has 2 aromatic rings. The maximum Gasteiger partial charge on any atom is 0.263 e. The van der Waals surface area contributed by atoms with Gasteiger partial charge in [-0.15, -0.1) is 11.3 Å². The van der Waals surface area contributed by atoms with Crippen LogP contribution in [-0.4, -0.2) is 79.7 Å². The number of aromatic nitrogens is 1. The molecule has 4 heterocycles. The van der Waals surface area contributed by atoms with Crippen LogP contribution in [0.1, 0.15) is 36.4 Å². The van der Waals surface area contributed by atoms with Crippen LogP contribution < -0.4 is 4.90 Å². The van der Waals surface area contributed by atoms with Gasteiger partial charge < -0.3 is 19.4 Å². The largest absolute Gasteiger partial charge is 0.378 e. The Morgan fingerprint density at radius 3 is 2.84 bits per heavy atom. The van der Waals surface area contributed by atoms with Gasteiger partial charge >= 0.3 is 0 Å². The number of morpholine rings is 1. The van der Waals surface area contributed by atoms with Crippen LogP contribution in [0.4, 0.5) is 5.00 Å². The first kappa shape index (κ1) is 22.2. The van der Waals surface area contributed by atoms with Crippen LogP contribution in [0.2, 0.25) is 0 Å². The number of anilines is 1. The van der Waals surface area contributed by atoms with E-state index in [1.165, 1.54) is 19.4 Å². The Morgan fingerprint density at radius 1 is 1.32 bits per heavy atom. The Balaban J connectivity index is 1.52. The van der Waals surface area contributed by atoms with E-state index in [9.17, 15) is 4.79 Å². The van der Waals surface area contributed by atoms with Crippen molar-refractivity contribution in [1.29, 1.82) is 0 Å². The van der Waals surface area contributed by atoms with Crippen LogP contribution in [0.25, 0.3) is 11.1 Å². The number of nitrogens with zero attached hydrogens (tertiary/aromatic N) is 4. The lowest BCUT2D eigenvalue weighted by Crippen LogP contribution is -2.44. The average Bonchev–Trinajstić information content (AvgIpc) is 3.25. The summed E-state index contributed by atoms with van der Waals surface area (Å²) in [5, 5.41) is 1.15. The molecule has 4 rings (SSSR count). The first-order chi connectivity index (χ1) is 15.0. The number of hydrogen-bond donors (Lipinski definition) is 0. The minimum absolute atomic E-state index is 0.122. The Bertz CT molecular complexity index is 864. The predicted molar refractivity (Wildman–Crippen MR) is 127 cm³/mol. The Morgan fingerprint density at radius 2 is 2.13 bits per heavy atom. The molecule has 2 fully saturated rings. The molecule has 0 N–H and O–H groups in total. The molecule has 7 heteroatoms. The van der Waals surface area contributed by atoms with E-state index in [-0.39, 0.29) is 5.91 Å². The molecular formula is C24H34N4O2S. The fourth-order valence-corrected chi connectivity index (χ4v) is 5.82. The van der Waals surface area contributed by atoms with Gasteiger partial charge in [-0.2, -0.15) is 0 Å². The molecule has 0 spiro atoms. The van der Waals surface area contributed by atoms with Gasteiger partial charge in [-0.05, 0) is 51.3 Å². The third-order valence-electron chi connectivity index (χ3n) is 6.35. The standard InChI is InChI=1S/C24H34N4O2S/c1-18(2)28-9-5-6-19(17-28)16-26(3)23(29)22-14-21(20-7-4-8-25-15-20)24(31-22)27-10-12-30-13-11-27/h4,7-8,14-15,18-19H,5-6,9-13,16-17H2,1-3H3/t19-/m0/s1. The van der Waals surface area contributed by atoms with Gasteiger partial charge in [0.1, 0.15) is 0 Å². The van der Waals surface area contributed by atoms with Crippen molar-refractivity contribution in [2.75, 3.05) is 57.9 Å². The highest BCUT2D eigenvalue weighted by Crippen LogP contribution is 2.39. The van der Waals surface area contributed by atoms with Crippen molar-refractivity contribution in [1.82, 2.24) is 14.8 Å². The predicted octanol–water partition coefficient (Wildman–Crippen LogP) is 3.84. The van der Waals surface area contributed by atoms with Crippen LogP contribution in [0, 0.1) is 5.92 Å². The van der Waals surface area contributed by atoms with Crippen LogP contribution in [0.5, 0.6) is 0 Å². The number of carbonyl (C=O) groups is 1. The van der Waals surface area contributed by atoms with Gasteiger partial charge in [0.25, 0.3) is 5.91 Å². The molecule has 0 aromatic carbocycles. The highest BCUT2D eigenvalue weighted by molar-refractivity contribution is 7.18. The van der Waals surface area contributed by atoms with E-state index in [4.69, 9.17) is 4.74 Å². The fraction of sp³-hybridized carbons (Fsp3) is 0.583. The summed E-state index contributed by atoms with van der Waals surface area (Å²) in [5.74, 6) is 0.665. The lowest BCUT2D eigenvalue weighted by molar-refractivity contribution is 0.0713. The highest BCUT2D eigenvalue weighted by atomic mass is 32.1. The molecule has 2 saturated heterocycles. The number of rotatable bonds is 6. The molecule has 31 heavy (non-hydrogen) atoms. The van der Waals surface area contributed by atoms with E-state index in [1.54, 1.807) is 17.5 Å². The zero-order valence-corrected chi connectivity index (χ0v) is 19.7. The molecule has 2 aliphatic heterocycles. The quantitative estimate of drug-likeness (QED) is 0.680. The average molecular weight is 443 g/mol. The van der Waals surface area contributed by atoms with E-state index >= 15 is 0 Å². The van der Waals surface area contributed by atoms with E-state index in [0.29, 0.717) is 12.0 Å². The molecule has 168 valence electrons. The highest BCUT2D eigenvalue weighted by Gasteiger charge is 2.27. The molecular weight excluding hydrogens is 408 g/mol. The van der Waals surface area contributed by atoms with Gasteiger partial charge in [-0.1, -0.05) is 6.07 Å². The molecule has 6 nitrogen and oxygen atoms in total. The third-order valence-corrected chi connectivity index (χ3v) is 7.54. The molecule has 0 aliphatic carbocycles. The Labute approximate surface area is 189 Å². The molecule has 0 bridgehead atoms. The third kappa shape index (κ3) is 5.27. The molecule has 1 atom stereocenters. The van der Waals surface area contributed by atoms with Crippen molar-refractivity contribution in [2.24, 2.45) is 5.92 Å². The maximum atomic E-state index is 13.4. The number of piperidine rings is 1. The van der Waals surface area contributed by atoms with Crippen molar-refractivity contribution in [3.05, 3.63) is 35.5 Å². The Hall–Kier alpha value is -1.96. The summed E-state index contributed by atoms with van der Waals surface area (Å²) >= 11 is 1.61. The van der Waals surface area contributed by atoms with Crippen molar-refractivity contribution in [2.45, 2.75) is 32.7 Å². The fourth-order valence-electron chi connectivity index (χ4n) is 4.59. The van der Waals surface area contributed by atoms with Crippen molar-refractivity contribution >= 4 is 22.2 Å². The van der Waals surface area contributed by atoms with Gasteiger partial charge in [0.15, 0.2) is 0 Å². The van der Waals surface area contributed by atoms with Gasteiger partial charge in [-0.3, -0.25) is 9.78 Å². The zero-order valence-electron chi connectivity index (χ0n) is 18.9. The number of amides is 1. The second-order valence-electron chi connectivity index (χ2n) is 8.95. The van der Waals surface area contributed by atoms with E-state index < -0.39 is 0 Å². The van der Waals surface area contributed by atoms with Crippen LogP contribution in [-0.2, 0) is 4.74 Å². The minimum atomic E-state index is 0.122. The first-order valence-electron chi connectivity index (χ1n) is 11.4. The van der Waals surface area contributed by atoms with Crippen molar-refractivity contribution in [3.63, 3.8) is 0 Å². The molecule has 0 saturated carbocycles. The first-order valence-corrected chi connectivity index (χ1v) is 12.2. The van der Waals surface area contributed by atoms with Crippen LogP contribution in [0.3, 0.4) is 0 Å². The van der Waals surface area contributed by atoms with Gasteiger partial charge in [0.2, 0.25) is 0 Å². The zero-order chi connectivity index (χ0) is 21.8. The monoisotopic (exact) mass is 442 g/mol. The minimum Gasteiger partial charge on any atom is -0.378 e. The SMILES string of the molecule is CC(C)N1CCC[C@@H](CN(C)C(=O)c2cc(-c3cccnc3)c(N3CCOCC3)s2)C1. The van der Waals surface area contributed by atoms with E-state index in [2.05, 4.69) is 40.8 Å². The maximum absolute atomic E-state index is 13.4. The summed E-state index contributed by atoms with van der Waals surface area (Å²) < 4.78 is 5.54. The summed E-state index contributed by atoms with van der Waals surface area (Å²) in [6, 6.07) is 6.65.